The van der Waals surface area contributed by atoms with E-state index in [1.54, 1.807) is 4.68 Å². The summed E-state index contributed by atoms with van der Waals surface area (Å²) in [4.78, 5) is 12.4. The first-order valence-corrected chi connectivity index (χ1v) is 11.2. The maximum atomic E-state index is 13.1. The van der Waals surface area contributed by atoms with Gasteiger partial charge in [-0.2, -0.15) is 32.9 Å². The molecule has 1 aromatic carbocycles. The van der Waals surface area contributed by atoms with Gasteiger partial charge in [-0.05, 0) is 30.9 Å². The first-order valence-electron chi connectivity index (χ1n) is 11.2. The van der Waals surface area contributed by atoms with Gasteiger partial charge in [-0.3, -0.25) is 4.98 Å². The van der Waals surface area contributed by atoms with Crippen molar-refractivity contribution in [1.29, 1.82) is 0 Å². The number of alkyl halides is 3. The molecule has 5 rings (SSSR count). The van der Waals surface area contributed by atoms with Crippen LogP contribution in [0.5, 0.6) is 0 Å². The second-order valence-electron chi connectivity index (χ2n) is 8.69. The maximum absolute atomic E-state index is 13.1. The highest BCUT2D eigenvalue weighted by Crippen LogP contribution is 2.35. The molecule has 0 spiro atoms. The number of para-hydroxylation sites is 1. The summed E-state index contributed by atoms with van der Waals surface area (Å²) in [5, 5.41) is 5.78. The van der Waals surface area contributed by atoms with Crippen LogP contribution in [0.25, 0.3) is 28.0 Å². The summed E-state index contributed by atoms with van der Waals surface area (Å²) in [6.07, 6.45) is 4.49. The van der Waals surface area contributed by atoms with Crippen molar-refractivity contribution in [3.8, 4) is 17.1 Å². The van der Waals surface area contributed by atoms with Crippen LogP contribution in [0.1, 0.15) is 43.4 Å². The van der Waals surface area contributed by atoms with Gasteiger partial charge in [-0.1, -0.05) is 43.9 Å². The fourth-order valence-electron chi connectivity index (χ4n) is 4.71. The Kier molecular flexibility index (Phi) is 5.59. The number of rotatable bonds is 5. The third-order valence-electron chi connectivity index (χ3n) is 6.42. The normalized spacial score (nSPS) is 14.8. The van der Waals surface area contributed by atoms with Gasteiger partial charge < -0.3 is 11.5 Å². The SMILES string of the molecule is Nc1nc(-n2nc(CCC3CCCC3)c3ccccc32)nc(N)c1-c1cncc(C(F)(F)F)c1. The van der Waals surface area contributed by atoms with Crippen molar-refractivity contribution in [3.05, 3.63) is 54.0 Å². The number of hydrogen-bond donors (Lipinski definition) is 2. The second-order valence-corrected chi connectivity index (χ2v) is 8.69. The Hall–Kier alpha value is -3.69. The molecule has 10 heteroatoms. The van der Waals surface area contributed by atoms with Crippen LogP contribution in [-0.2, 0) is 12.6 Å². The van der Waals surface area contributed by atoms with Crippen LogP contribution in [0.15, 0.2) is 42.7 Å². The highest BCUT2D eigenvalue weighted by molar-refractivity contribution is 5.85. The minimum atomic E-state index is -4.55. The van der Waals surface area contributed by atoms with E-state index in [2.05, 4.69) is 15.0 Å². The zero-order valence-electron chi connectivity index (χ0n) is 18.4. The van der Waals surface area contributed by atoms with Crippen LogP contribution >= 0.6 is 0 Å². The lowest BCUT2D eigenvalue weighted by Crippen LogP contribution is -2.11. The Bertz CT molecular complexity index is 1320. The van der Waals surface area contributed by atoms with E-state index in [4.69, 9.17) is 16.6 Å². The Balaban J connectivity index is 1.53. The molecule has 1 aliphatic carbocycles. The van der Waals surface area contributed by atoms with Crippen molar-refractivity contribution >= 4 is 22.5 Å². The van der Waals surface area contributed by atoms with Gasteiger partial charge in [0, 0.05) is 23.3 Å². The maximum Gasteiger partial charge on any atom is 0.417 e. The van der Waals surface area contributed by atoms with E-state index in [1.807, 2.05) is 24.3 Å². The minimum Gasteiger partial charge on any atom is -0.383 e. The van der Waals surface area contributed by atoms with Crippen molar-refractivity contribution < 1.29 is 13.2 Å². The lowest BCUT2D eigenvalue weighted by Gasteiger charge is -2.12. The molecule has 0 atom stereocenters. The van der Waals surface area contributed by atoms with E-state index < -0.39 is 11.7 Å². The quantitative estimate of drug-likeness (QED) is 0.418. The lowest BCUT2D eigenvalue weighted by molar-refractivity contribution is -0.137. The van der Waals surface area contributed by atoms with Crippen LogP contribution < -0.4 is 11.5 Å². The molecule has 0 radical (unpaired) electrons. The van der Waals surface area contributed by atoms with Gasteiger partial charge in [0.05, 0.1) is 22.3 Å². The summed E-state index contributed by atoms with van der Waals surface area (Å²) in [7, 11) is 0. The average Bonchev–Trinajstić information content (AvgIpc) is 3.45. The van der Waals surface area contributed by atoms with Crippen molar-refractivity contribution in [3.63, 3.8) is 0 Å². The zero-order valence-corrected chi connectivity index (χ0v) is 18.4. The molecule has 7 nitrogen and oxygen atoms in total. The summed E-state index contributed by atoms with van der Waals surface area (Å²) >= 11 is 0. The number of halogens is 3. The molecule has 176 valence electrons. The summed E-state index contributed by atoms with van der Waals surface area (Å²) in [5.74, 6) is 0.806. The van der Waals surface area contributed by atoms with Crippen LogP contribution in [0.2, 0.25) is 0 Å². The predicted molar refractivity (Wildman–Crippen MR) is 124 cm³/mol. The Morgan fingerprint density at radius 1 is 1.00 bits per heavy atom. The Morgan fingerprint density at radius 2 is 1.71 bits per heavy atom. The van der Waals surface area contributed by atoms with Crippen LogP contribution in [0, 0.1) is 5.92 Å². The standard InChI is InChI=1S/C24H24F3N7/c25-24(26,27)16-11-15(12-30-13-16)20-21(28)31-23(32-22(20)29)34-19-8-4-3-7-17(19)18(33-34)10-9-14-5-1-2-6-14/h3-4,7-8,11-14H,1-2,5-6,9-10H2,(H4,28,29,31,32). The Labute approximate surface area is 194 Å². The number of nitrogen functional groups attached to an aromatic ring is 2. The molecular formula is C24H24F3N7. The highest BCUT2D eigenvalue weighted by Gasteiger charge is 2.31. The van der Waals surface area contributed by atoms with Gasteiger partial charge >= 0.3 is 6.18 Å². The predicted octanol–water partition coefficient (Wildman–Crippen LogP) is 5.18. The zero-order chi connectivity index (χ0) is 23.9. The van der Waals surface area contributed by atoms with Gasteiger partial charge in [0.25, 0.3) is 5.95 Å². The van der Waals surface area contributed by atoms with Gasteiger partial charge in [-0.25, -0.2) is 0 Å². The van der Waals surface area contributed by atoms with Gasteiger partial charge in [0.15, 0.2) is 0 Å². The van der Waals surface area contributed by atoms with Crippen LogP contribution in [0.4, 0.5) is 24.8 Å². The molecule has 0 unspecified atom stereocenters. The first-order chi connectivity index (χ1) is 16.3. The van der Waals surface area contributed by atoms with Gasteiger partial charge in [0.1, 0.15) is 11.6 Å². The van der Waals surface area contributed by atoms with Gasteiger partial charge in [-0.15, -0.1) is 0 Å². The number of anilines is 2. The molecule has 4 N–H and O–H groups in total. The molecule has 1 saturated carbocycles. The van der Waals surface area contributed by atoms with Crippen molar-refractivity contribution in [2.24, 2.45) is 5.92 Å². The van der Waals surface area contributed by atoms with Crippen LogP contribution in [0.3, 0.4) is 0 Å². The summed E-state index contributed by atoms with van der Waals surface area (Å²) in [6.45, 7) is 0. The van der Waals surface area contributed by atoms with E-state index in [0.29, 0.717) is 0 Å². The minimum absolute atomic E-state index is 0.0456. The Morgan fingerprint density at radius 3 is 2.41 bits per heavy atom. The van der Waals surface area contributed by atoms with Crippen molar-refractivity contribution in [2.75, 3.05) is 11.5 Å². The molecule has 3 aromatic heterocycles. The summed E-state index contributed by atoms with van der Waals surface area (Å²) in [6, 6.07) is 8.72. The summed E-state index contributed by atoms with van der Waals surface area (Å²) < 4.78 is 41.0. The van der Waals surface area contributed by atoms with E-state index in [1.165, 1.54) is 31.9 Å². The lowest BCUT2D eigenvalue weighted by atomic mass is 9.99. The molecule has 34 heavy (non-hydrogen) atoms. The van der Waals surface area contributed by atoms with E-state index in [0.717, 1.165) is 47.6 Å². The third kappa shape index (κ3) is 4.15. The fourth-order valence-corrected chi connectivity index (χ4v) is 4.71. The molecule has 1 aliphatic rings. The number of aryl methyl sites for hydroxylation is 1. The van der Waals surface area contributed by atoms with Crippen LogP contribution in [-0.4, -0.2) is 24.7 Å². The number of pyridine rings is 1. The number of benzene rings is 1. The fraction of sp³-hybridized carbons (Fsp3) is 0.333. The number of nitrogens with two attached hydrogens (primary N) is 2. The second kappa shape index (κ2) is 8.58. The third-order valence-corrected chi connectivity index (χ3v) is 6.42. The molecule has 3 heterocycles. The molecule has 4 aromatic rings. The number of hydrogen-bond acceptors (Lipinski definition) is 6. The largest absolute Gasteiger partial charge is 0.417 e. The van der Waals surface area contributed by atoms with Gasteiger partial charge in [0.2, 0.25) is 0 Å². The molecule has 1 fully saturated rings. The monoisotopic (exact) mass is 467 g/mol. The molecule has 0 bridgehead atoms. The smallest absolute Gasteiger partial charge is 0.383 e. The molecular weight excluding hydrogens is 443 g/mol. The molecule has 0 aliphatic heterocycles. The highest BCUT2D eigenvalue weighted by atomic mass is 19.4. The number of fused-ring (bicyclic) bond motifs is 1. The van der Waals surface area contributed by atoms with E-state index in [9.17, 15) is 13.2 Å². The molecule has 0 amide bonds. The number of nitrogens with zero attached hydrogens (tertiary/aromatic N) is 5. The summed E-state index contributed by atoms with van der Waals surface area (Å²) in [5.41, 5.74) is 13.4. The number of aromatic nitrogens is 5. The average molecular weight is 467 g/mol. The topological polar surface area (TPSA) is 109 Å². The van der Waals surface area contributed by atoms with Crippen molar-refractivity contribution in [1.82, 2.24) is 24.7 Å². The van der Waals surface area contributed by atoms with E-state index in [-0.39, 0.29) is 28.7 Å². The van der Waals surface area contributed by atoms with Crippen molar-refractivity contribution in [2.45, 2.75) is 44.7 Å². The van der Waals surface area contributed by atoms with E-state index >= 15 is 0 Å². The molecule has 0 saturated heterocycles. The first kappa shape index (κ1) is 22.1.